The smallest absolute Gasteiger partial charge is 0.344 e. The van der Waals surface area contributed by atoms with Gasteiger partial charge in [0, 0.05) is 4.47 Å². The second kappa shape index (κ2) is 8.39. The third-order valence-electron chi connectivity index (χ3n) is 3.64. The summed E-state index contributed by atoms with van der Waals surface area (Å²) in [6.07, 6.45) is 3.84. The average molecular weight is 357 g/mol. The Balaban J connectivity index is 1.67. The molecule has 0 unspecified atom stereocenters. The number of quaternary nitrogens is 1. The minimum atomic E-state index is -0.304. The Bertz CT molecular complexity index is 443. The maximum Gasteiger partial charge on any atom is 0.344 e. The molecule has 1 aliphatic heterocycles. The zero-order valence-electron chi connectivity index (χ0n) is 12.4. The molecule has 4 nitrogen and oxygen atoms in total. The number of likely N-dealkylation sites (tertiary alicyclic amines) is 1. The van der Waals surface area contributed by atoms with Gasteiger partial charge < -0.3 is 14.4 Å². The molecular formula is C16H23BrNO3+. The Morgan fingerprint density at radius 3 is 2.57 bits per heavy atom. The van der Waals surface area contributed by atoms with E-state index in [0.29, 0.717) is 5.75 Å². The number of piperidine rings is 1. The fraction of sp³-hybridized carbons (Fsp3) is 0.562. The highest BCUT2D eigenvalue weighted by Crippen LogP contribution is 2.15. The summed E-state index contributed by atoms with van der Waals surface area (Å²) in [7, 11) is 0. The Labute approximate surface area is 134 Å². The SMILES string of the molecule is C[C@H](C[NH+]1CCCCC1)OC(=O)COc1ccc(Br)cc1. The van der Waals surface area contributed by atoms with Gasteiger partial charge in [0.25, 0.3) is 0 Å². The van der Waals surface area contributed by atoms with Gasteiger partial charge >= 0.3 is 5.97 Å². The molecule has 116 valence electrons. The van der Waals surface area contributed by atoms with Crippen LogP contribution in [0.1, 0.15) is 26.2 Å². The lowest BCUT2D eigenvalue weighted by Crippen LogP contribution is -3.13. The molecule has 1 aromatic rings. The topological polar surface area (TPSA) is 40.0 Å². The first-order valence-electron chi connectivity index (χ1n) is 7.55. The van der Waals surface area contributed by atoms with Crippen molar-refractivity contribution in [1.29, 1.82) is 0 Å². The van der Waals surface area contributed by atoms with Crippen LogP contribution in [0.25, 0.3) is 0 Å². The molecule has 21 heavy (non-hydrogen) atoms. The van der Waals surface area contributed by atoms with E-state index in [-0.39, 0.29) is 18.7 Å². The summed E-state index contributed by atoms with van der Waals surface area (Å²) in [6, 6.07) is 7.39. The van der Waals surface area contributed by atoms with Gasteiger partial charge in [-0.2, -0.15) is 0 Å². The van der Waals surface area contributed by atoms with Crippen LogP contribution in [0.2, 0.25) is 0 Å². The highest BCUT2D eigenvalue weighted by molar-refractivity contribution is 9.10. The second-order valence-electron chi connectivity index (χ2n) is 5.56. The maximum absolute atomic E-state index is 11.8. The van der Waals surface area contributed by atoms with Crippen molar-refractivity contribution < 1.29 is 19.2 Å². The first-order chi connectivity index (χ1) is 10.1. The number of ether oxygens (including phenoxy) is 2. The fourth-order valence-corrected chi connectivity index (χ4v) is 2.90. The summed E-state index contributed by atoms with van der Waals surface area (Å²) in [6.45, 7) is 5.19. The van der Waals surface area contributed by atoms with Crippen LogP contribution in [0, 0.1) is 0 Å². The van der Waals surface area contributed by atoms with E-state index in [0.717, 1.165) is 11.0 Å². The Morgan fingerprint density at radius 1 is 1.24 bits per heavy atom. The number of hydrogen-bond acceptors (Lipinski definition) is 3. The first-order valence-corrected chi connectivity index (χ1v) is 8.34. The minimum Gasteiger partial charge on any atom is -0.482 e. The highest BCUT2D eigenvalue weighted by atomic mass is 79.9. The van der Waals surface area contributed by atoms with Crippen LogP contribution in [0.3, 0.4) is 0 Å². The van der Waals surface area contributed by atoms with Crippen LogP contribution in [0.5, 0.6) is 5.75 Å². The zero-order chi connectivity index (χ0) is 15.1. The molecule has 0 saturated carbocycles. The van der Waals surface area contributed by atoms with E-state index >= 15 is 0 Å². The number of hydrogen-bond donors (Lipinski definition) is 1. The number of halogens is 1. The summed E-state index contributed by atoms with van der Waals surface area (Å²) in [5.74, 6) is 0.367. The quantitative estimate of drug-likeness (QED) is 0.790. The van der Waals surface area contributed by atoms with Gasteiger partial charge in [-0.25, -0.2) is 4.79 Å². The third kappa shape index (κ3) is 6.06. The van der Waals surface area contributed by atoms with E-state index in [9.17, 15) is 4.79 Å². The van der Waals surface area contributed by atoms with Gasteiger partial charge in [0.05, 0.1) is 13.1 Å². The van der Waals surface area contributed by atoms with Crippen molar-refractivity contribution in [3.8, 4) is 5.75 Å². The highest BCUT2D eigenvalue weighted by Gasteiger charge is 2.19. The molecule has 1 N–H and O–H groups in total. The van der Waals surface area contributed by atoms with Gasteiger partial charge in [-0.1, -0.05) is 15.9 Å². The predicted molar refractivity (Wildman–Crippen MR) is 84.6 cm³/mol. The molecule has 0 bridgehead atoms. The van der Waals surface area contributed by atoms with Crippen LogP contribution in [-0.2, 0) is 9.53 Å². The third-order valence-corrected chi connectivity index (χ3v) is 4.17. The van der Waals surface area contributed by atoms with E-state index in [2.05, 4.69) is 15.9 Å². The van der Waals surface area contributed by atoms with Crippen molar-refractivity contribution in [2.45, 2.75) is 32.3 Å². The molecule has 0 spiro atoms. The van der Waals surface area contributed by atoms with Gasteiger partial charge in [0.2, 0.25) is 0 Å². The van der Waals surface area contributed by atoms with E-state index in [1.807, 2.05) is 31.2 Å². The van der Waals surface area contributed by atoms with Crippen molar-refractivity contribution >= 4 is 21.9 Å². The lowest BCUT2D eigenvalue weighted by atomic mass is 10.1. The standard InChI is InChI=1S/C16H22BrNO3/c1-13(11-18-9-3-2-4-10-18)21-16(19)12-20-15-7-5-14(17)6-8-15/h5-8,13H,2-4,9-12H2,1H3/p+1/t13-/m1/s1. The summed E-state index contributed by atoms with van der Waals surface area (Å²) in [5, 5.41) is 0. The molecule has 0 radical (unpaired) electrons. The summed E-state index contributed by atoms with van der Waals surface area (Å²) in [5.41, 5.74) is 0. The van der Waals surface area contributed by atoms with Crippen LogP contribution in [-0.4, -0.2) is 38.3 Å². The lowest BCUT2D eigenvalue weighted by molar-refractivity contribution is -0.907. The fourth-order valence-electron chi connectivity index (χ4n) is 2.64. The number of benzene rings is 1. The van der Waals surface area contributed by atoms with E-state index in [1.165, 1.54) is 37.3 Å². The first kappa shape index (κ1) is 16.3. The Hall–Kier alpha value is -1.07. The molecule has 1 atom stereocenters. The molecular weight excluding hydrogens is 334 g/mol. The van der Waals surface area contributed by atoms with Crippen LogP contribution < -0.4 is 9.64 Å². The van der Waals surface area contributed by atoms with Crippen molar-refractivity contribution in [3.63, 3.8) is 0 Å². The van der Waals surface area contributed by atoms with Crippen molar-refractivity contribution in [3.05, 3.63) is 28.7 Å². The summed E-state index contributed by atoms with van der Waals surface area (Å²) in [4.78, 5) is 13.3. The Kier molecular flexibility index (Phi) is 6.51. The molecule has 1 aromatic carbocycles. The molecule has 0 aromatic heterocycles. The molecule has 1 fully saturated rings. The number of carbonyl (C=O) groups is 1. The Morgan fingerprint density at radius 2 is 1.90 bits per heavy atom. The van der Waals surface area contributed by atoms with Crippen LogP contribution in [0.15, 0.2) is 28.7 Å². The summed E-state index contributed by atoms with van der Waals surface area (Å²) < 4.78 is 11.8. The van der Waals surface area contributed by atoms with Crippen molar-refractivity contribution in [2.24, 2.45) is 0 Å². The van der Waals surface area contributed by atoms with E-state index in [4.69, 9.17) is 9.47 Å². The number of nitrogens with one attached hydrogen (secondary N) is 1. The monoisotopic (exact) mass is 356 g/mol. The molecule has 2 rings (SSSR count). The second-order valence-corrected chi connectivity index (χ2v) is 6.47. The maximum atomic E-state index is 11.8. The molecule has 1 heterocycles. The van der Waals surface area contributed by atoms with Gasteiger partial charge in [-0.3, -0.25) is 0 Å². The van der Waals surface area contributed by atoms with Crippen molar-refractivity contribution in [1.82, 2.24) is 0 Å². The van der Waals surface area contributed by atoms with Crippen LogP contribution >= 0.6 is 15.9 Å². The summed E-state index contributed by atoms with van der Waals surface area (Å²) >= 11 is 3.36. The van der Waals surface area contributed by atoms with E-state index in [1.54, 1.807) is 0 Å². The minimum absolute atomic E-state index is 0.0404. The zero-order valence-corrected chi connectivity index (χ0v) is 14.0. The average Bonchev–Trinajstić information content (AvgIpc) is 2.47. The van der Waals surface area contributed by atoms with E-state index < -0.39 is 0 Å². The van der Waals surface area contributed by atoms with Gasteiger partial charge in [-0.15, -0.1) is 0 Å². The molecule has 0 amide bonds. The van der Waals surface area contributed by atoms with Crippen LogP contribution in [0.4, 0.5) is 0 Å². The predicted octanol–water partition coefficient (Wildman–Crippen LogP) is 1.83. The van der Waals surface area contributed by atoms with Gasteiger partial charge in [-0.05, 0) is 50.5 Å². The molecule has 5 heteroatoms. The van der Waals surface area contributed by atoms with Gasteiger partial charge in [0.1, 0.15) is 18.4 Å². The molecule has 1 aliphatic rings. The number of carbonyl (C=O) groups excluding carboxylic acids is 1. The van der Waals surface area contributed by atoms with Crippen molar-refractivity contribution in [2.75, 3.05) is 26.2 Å². The van der Waals surface area contributed by atoms with Gasteiger partial charge in [0.15, 0.2) is 6.61 Å². The molecule has 1 saturated heterocycles. The number of rotatable bonds is 6. The number of esters is 1. The molecule has 0 aliphatic carbocycles. The lowest BCUT2D eigenvalue weighted by Gasteiger charge is -2.26. The largest absolute Gasteiger partial charge is 0.482 e. The normalized spacial score (nSPS) is 17.2.